The zero-order valence-electron chi connectivity index (χ0n) is 18.6. The van der Waals surface area contributed by atoms with Gasteiger partial charge in [0.25, 0.3) is 0 Å². The fourth-order valence-electron chi connectivity index (χ4n) is 6.54. The monoisotopic (exact) mass is 429 g/mol. The molecule has 1 saturated carbocycles. The maximum absolute atomic E-state index is 3.58. The minimum atomic E-state index is -0.0412. The van der Waals surface area contributed by atoms with Crippen LogP contribution in [0.15, 0.2) is 91.4 Å². The van der Waals surface area contributed by atoms with Crippen molar-refractivity contribution in [3.8, 4) is 0 Å². The second-order valence-corrected chi connectivity index (χ2v) is 9.66. The highest BCUT2D eigenvalue weighted by Gasteiger charge is 2.43. The van der Waals surface area contributed by atoms with Crippen LogP contribution >= 0.6 is 0 Å². The molecule has 3 N–H and O–H groups in total. The molecule has 3 aromatic heterocycles. The van der Waals surface area contributed by atoms with Crippen LogP contribution in [0.25, 0.3) is 32.7 Å². The van der Waals surface area contributed by atoms with E-state index in [1.807, 2.05) is 0 Å². The molecule has 1 unspecified atom stereocenters. The largest absolute Gasteiger partial charge is 0.361 e. The van der Waals surface area contributed by atoms with Gasteiger partial charge in [-0.25, -0.2) is 0 Å². The molecule has 0 aliphatic heterocycles. The number of hydrogen-bond donors (Lipinski definition) is 3. The summed E-state index contributed by atoms with van der Waals surface area (Å²) >= 11 is 0. The van der Waals surface area contributed by atoms with Crippen molar-refractivity contribution in [1.29, 1.82) is 0 Å². The summed E-state index contributed by atoms with van der Waals surface area (Å²) in [4.78, 5) is 10.7. The molecule has 1 atom stereocenters. The van der Waals surface area contributed by atoms with Crippen LogP contribution in [0.4, 0.5) is 0 Å². The van der Waals surface area contributed by atoms with Crippen molar-refractivity contribution in [2.75, 3.05) is 0 Å². The van der Waals surface area contributed by atoms with E-state index in [-0.39, 0.29) is 5.41 Å². The standard InChI is InChI=1S/C30H27N3/c1-4-12-27-21(9-1)24(17-31-27)20-8-7-15-30(16-20,25-18-32-28-13-5-2-10-22(25)28)26-19-33-29-14-6-3-11-23(26)29/h1-6,9-14,17-20,31-33H,7-8,15-16H2. The van der Waals surface area contributed by atoms with Gasteiger partial charge in [0.05, 0.1) is 0 Å². The van der Waals surface area contributed by atoms with Gasteiger partial charge in [-0.05, 0) is 60.1 Å². The summed E-state index contributed by atoms with van der Waals surface area (Å²) in [6.07, 6.45) is 11.5. The lowest BCUT2D eigenvalue weighted by Gasteiger charge is -2.41. The van der Waals surface area contributed by atoms with Gasteiger partial charge >= 0.3 is 0 Å². The summed E-state index contributed by atoms with van der Waals surface area (Å²) in [5.74, 6) is 0.511. The van der Waals surface area contributed by atoms with E-state index in [4.69, 9.17) is 0 Å². The second kappa shape index (κ2) is 7.14. The maximum atomic E-state index is 3.58. The molecule has 7 rings (SSSR count). The van der Waals surface area contributed by atoms with Crippen molar-refractivity contribution in [2.45, 2.75) is 37.0 Å². The quantitative estimate of drug-likeness (QED) is 0.257. The molecule has 162 valence electrons. The number of aromatic amines is 3. The van der Waals surface area contributed by atoms with E-state index >= 15 is 0 Å². The minimum absolute atomic E-state index is 0.0412. The first-order chi connectivity index (χ1) is 16.3. The third-order valence-corrected chi connectivity index (χ3v) is 8.02. The van der Waals surface area contributed by atoms with Gasteiger partial charge in [0.1, 0.15) is 0 Å². The lowest BCUT2D eigenvalue weighted by Crippen LogP contribution is -2.33. The first-order valence-electron chi connectivity index (χ1n) is 12.0. The number of para-hydroxylation sites is 3. The van der Waals surface area contributed by atoms with Gasteiger partial charge in [0, 0.05) is 56.7 Å². The minimum Gasteiger partial charge on any atom is -0.361 e. The van der Waals surface area contributed by atoms with Gasteiger partial charge in [0.2, 0.25) is 0 Å². The third-order valence-electron chi connectivity index (χ3n) is 8.02. The van der Waals surface area contributed by atoms with E-state index in [0.29, 0.717) is 5.92 Å². The number of H-pyrrole nitrogens is 3. The molecule has 0 saturated heterocycles. The number of nitrogens with one attached hydrogen (secondary N) is 3. The lowest BCUT2D eigenvalue weighted by molar-refractivity contribution is 0.315. The van der Waals surface area contributed by atoms with Crippen LogP contribution < -0.4 is 0 Å². The molecule has 3 heteroatoms. The predicted molar refractivity (Wildman–Crippen MR) is 137 cm³/mol. The van der Waals surface area contributed by atoms with Gasteiger partial charge in [-0.1, -0.05) is 61.0 Å². The molecule has 0 amide bonds. The molecule has 3 nitrogen and oxygen atoms in total. The van der Waals surface area contributed by atoms with Gasteiger partial charge in [-0.2, -0.15) is 0 Å². The number of fused-ring (bicyclic) bond motifs is 3. The van der Waals surface area contributed by atoms with Gasteiger partial charge < -0.3 is 15.0 Å². The maximum Gasteiger partial charge on any atom is 0.0457 e. The van der Waals surface area contributed by atoms with E-state index in [1.54, 1.807) is 0 Å². The van der Waals surface area contributed by atoms with Gasteiger partial charge in [0.15, 0.2) is 0 Å². The predicted octanol–water partition coefficient (Wildman–Crippen LogP) is 7.77. The molecule has 0 spiro atoms. The van der Waals surface area contributed by atoms with E-state index in [1.165, 1.54) is 62.2 Å². The molecular formula is C30H27N3. The summed E-state index contributed by atoms with van der Waals surface area (Å²) in [5, 5.41) is 4.07. The average Bonchev–Trinajstić information content (AvgIpc) is 3.61. The van der Waals surface area contributed by atoms with Crippen molar-refractivity contribution >= 4 is 32.7 Å². The summed E-state index contributed by atoms with van der Waals surface area (Å²) in [6, 6.07) is 26.3. The summed E-state index contributed by atoms with van der Waals surface area (Å²) in [5.41, 5.74) is 7.99. The molecule has 3 heterocycles. The summed E-state index contributed by atoms with van der Waals surface area (Å²) in [7, 11) is 0. The summed E-state index contributed by atoms with van der Waals surface area (Å²) in [6.45, 7) is 0. The normalized spacial score (nSPS) is 18.4. The van der Waals surface area contributed by atoms with Crippen LogP contribution in [-0.2, 0) is 5.41 Å². The SMILES string of the molecule is c1ccc2c(C3CCCC(c4c[nH]c5ccccc45)(c4c[nH]c5ccccc45)C3)c[nH]c2c1. The number of rotatable bonds is 3. The van der Waals surface area contributed by atoms with Crippen LogP contribution in [0.5, 0.6) is 0 Å². The molecule has 3 aromatic carbocycles. The van der Waals surface area contributed by atoms with E-state index in [2.05, 4.69) is 106 Å². The Morgan fingerprint density at radius 3 is 1.76 bits per heavy atom. The summed E-state index contributed by atoms with van der Waals surface area (Å²) < 4.78 is 0. The van der Waals surface area contributed by atoms with Crippen LogP contribution in [0.1, 0.15) is 48.3 Å². The molecule has 6 aromatic rings. The first-order valence-corrected chi connectivity index (χ1v) is 12.0. The topological polar surface area (TPSA) is 47.4 Å². The zero-order valence-corrected chi connectivity index (χ0v) is 18.6. The first kappa shape index (κ1) is 18.8. The number of benzene rings is 3. The zero-order chi connectivity index (χ0) is 21.8. The van der Waals surface area contributed by atoms with Crippen LogP contribution in [0, 0.1) is 0 Å². The van der Waals surface area contributed by atoms with E-state index in [0.717, 1.165) is 12.8 Å². The smallest absolute Gasteiger partial charge is 0.0457 e. The highest BCUT2D eigenvalue weighted by molar-refractivity contribution is 5.90. The van der Waals surface area contributed by atoms with E-state index < -0.39 is 0 Å². The average molecular weight is 430 g/mol. The van der Waals surface area contributed by atoms with Crippen LogP contribution in [-0.4, -0.2) is 15.0 Å². The highest BCUT2D eigenvalue weighted by Crippen LogP contribution is 2.53. The Balaban J connectivity index is 1.46. The molecule has 33 heavy (non-hydrogen) atoms. The van der Waals surface area contributed by atoms with Crippen molar-refractivity contribution < 1.29 is 0 Å². The van der Waals surface area contributed by atoms with Crippen molar-refractivity contribution in [3.05, 3.63) is 108 Å². The Bertz CT molecular complexity index is 1520. The molecule has 1 aliphatic carbocycles. The number of aromatic nitrogens is 3. The van der Waals surface area contributed by atoms with Crippen LogP contribution in [0.2, 0.25) is 0 Å². The highest BCUT2D eigenvalue weighted by atomic mass is 14.7. The van der Waals surface area contributed by atoms with Crippen LogP contribution in [0.3, 0.4) is 0 Å². The second-order valence-electron chi connectivity index (χ2n) is 9.66. The Hall–Kier alpha value is -3.72. The fraction of sp³-hybridized carbons (Fsp3) is 0.200. The Morgan fingerprint density at radius 2 is 1.12 bits per heavy atom. The van der Waals surface area contributed by atoms with E-state index in [9.17, 15) is 0 Å². The van der Waals surface area contributed by atoms with Crippen molar-refractivity contribution in [2.24, 2.45) is 0 Å². The molecular weight excluding hydrogens is 402 g/mol. The molecule has 0 radical (unpaired) electrons. The Labute approximate surface area is 192 Å². The third kappa shape index (κ3) is 2.75. The Kier molecular flexibility index (Phi) is 4.07. The number of hydrogen-bond acceptors (Lipinski definition) is 0. The molecule has 1 aliphatic rings. The fourth-order valence-corrected chi connectivity index (χ4v) is 6.54. The van der Waals surface area contributed by atoms with Gasteiger partial charge in [-0.15, -0.1) is 0 Å². The van der Waals surface area contributed by atoms with Crippen molar-refractivity contribution in [3.63, 3.8) is 0 Å². The lowest BCUT2D eigenvalue weighted by atomic mass is 9.61. The molecule has 1 fully saturated rings. The van der Waals surface area contributed by atoms with Crippen molar-refractivity contribution in [1.82, 2.24) is 15.0 Å². The molecule has 0 bridgehead atoms. The Morgan fingerprint density at radius 1 is 0.606 bits per heavy atom. The van der Waals surface area contributed by atoms with Gasteiger partial charge in [-0.3, -0.25) is 0 Å².